The summed E-state index contributed by atoms with van der Waals surface area (Å²) >= 11 is 0. The molecule has 1 aliphatic heterocycles. The molecule has 1 fully saturated rings. The summed E-state index contributed by atoms with van der Waals surface area (Å²) in [5.74, 6) is 2.81. The van der Waals surface area contributed by atoms with Crippen molar-refractivity contribution in [3.05, 3.63) is 42.5 Å². The Morgan fingerprint density at radius 2 is 1.72 bits per heavy atom. The minimum Gasteiger partial charge on any atom is -0.493 e. The molecule has 2 heterocycles. The zero-order valence-corrected chi connectivity index (χ0v) is 16.9. The molecule has 1 aromatic heterocycles. The number of benzene rings is 2. The van der Waals surface area contributed by atoms with Gasteiger partial charge in [-0.25, -0.2) is 9.97 Å². The summed E-state index contributed by atoms with van der Waals surface area (Å²) in [6, 6.07) is 13.8. The van der Waals surface area contributed by atoms with Crippen molar-refractivity contribution in [1.82, 2.24) is 9.97 Å². The van der Waals surface area contributed by atoms with Gasteiger partial charge >= 0.3 is 0 Å². The van der Waals surface area contributed by atoms with E-state index in [0.29, 0.717) is 17.3 Å². The average molecular weight is 395 g/mol. The first-order chi connectivity index (χ1) is 14.3. The molecule has 0 spiro atoms. The Morgan fingerprint density at radius 3 is 2.45 bits per heavy atom. The number of quaternary nitrogens is 1. The van der Waals surface area contributed by atoms with Gasteiger partial charge in [0.05, 0.1) is 46.0 Å². The lowest BCUT2D eigenvalue weighted by Gasteiger charge is -2.24. The van der Waals surface area contributed by atoms with Crippen LogP contribution < -0.4 is 19.7 Å². The number of hydrogen-bond acceptors (Lipinski definition) is 6. The Kier molecular flexibility index (Phi) is 6.07. The molecule has 2 N–H and O–H groups in total. The van der Waals surface area contributed by atoms with Crippen LogP contribution in [-0.2, 0) is 4.74 Å². The van der Waals surface area contributed by atoms with Gasteiger partial charge in [0.15, 0.2) is 17.3 Å². The number of aromatic nitrogens is 2. The Balaban J connectivity index is 1.68. The molecule has 152 valence electrons. The number of rotatable bonds is 7. The molecule has 4 rings (SSSR count). The standard InChI is InChI=1S/C22H26N4O3/c1-27-19-14-17-18(15-20(19)28-2)24-21(16-6-4-3-5-7-16)25-22(17)23-8-9-26-10-12-29-13-11-26/h3-7,14-15H,8-13H2,1-2H3,(H,23,24,25)/p+1. The van der Waals surface area contributed by atoms with Crippen LogP contribution in [0, 0.1) is 0 Å². The number of hydrogen-bond donors (Lipinski definition) is 2. The van der Waals surface area contributed by atoms with Crippen LogP contribution in [-0.4, -0.2) is 63.6 Å². The second kappa shape index (κ2) is 9.07. The lowest BCUT2D eigenvalue weighted by Crippen LogP contribution is -3.14. The summed E-state index contributed by atoms with van der Waals surface area (Å²) in [5.41, 5.74) is 1.80. The van der Waals surface area contributed by atoms with Gasteiger partial charge in [0, 0.05) is 17.0 Å². The normalized spacial score (nSPS) is 14.7. The van der Waals surface area contributed by atoms with Gasteiger partial charge in [-0.05, 0) is 6.07 Å². The number of nitrogens with zero attached hydrogens (tertiary/aromatic N) is 2. The van der Waals surface area contributed by atoms with Crippen LogP contribution in [0.1, 0.15) is 0 Å². The van der Waals surface area contributed by atoms with Crippen molar-refractivity contribution in [3.8, 4) is 22.9 Å². The first-order valence-electron chi connectivity index (χ1n) is 9.93. The van der Waals surface area contributed by atoms with Crippen molar-refractivity contribution in [2.45, 2.75) is 0 Å². The Hall–Kier alpha value is -2.90. The quantitative estimate of drug-likeness (QED) is 0.634. The number of methoxy groups -OCH3 is 2. The minimum atomic E-state index is 0.654. The SMILES string of the molecule is COc1cc2nc(-c3ccccc3)nc(NCC[NH+]3CCOCC3)c2cc1OC. The third-order valence-corrected chi connectivity index (χ3v) is 5.20. The number of morpholine rings is 1. The Labute approximate surface area is 170 Å². The van der Waals surface area contributed by atoms with Crippen LogP contribution in [0.15, 0.2) is 42.5 Å². The molecule has 1 saturated heterocycles. The lowest BCUT2D eigenvalue weighted by atomic mass is 10.1. The lowest BCUT2D eigenvalue weighted by molar-refractivity contribution is -0.906. The van der Waals surface area contributed by atoms with E-state index < -0.39 is 0 Å². The first kappa shape index (κ1) is 19.4. The molecule has 0 saturated carbocycles. The molecule has 1 aliphatic rings. The van der Waals surface area contributed by atoms with Gasteiger partial charge in [-0.15, -0.1) is 0 Å². The zero-order chi connectivity index (χ0) is 20.1. The van der Waals surface area contributed by atoms with E-state index in [9.17, 15) is 0 Å². The van der Waals surface area contributed by atoms with Crippen LogP contribution >= 0.6 is 0 Å². The van der Waals surface area contributed by atoms with E-state index in [1.54, 1.807) is 19.1 Å². The second-order valence-electron chi connectivity index (χ2n) is 7.03. The van der Waals surface area contributed by atoms with Crippen molar-refractivity contribution < 1.29 is 19.1 Å². The fourth-order valence-corrected chi connectivity index (χ4v) is 3.57. The van der Waals surface area contributed by atoms with Gasteiger partial charge in [-0.2, -0.15) is 0 Å². The predicted octanol–water partition coefficient (Wildman–Crippen LogP) is 1.64. The minimum absolute atomic E-state index is 0.654. The highest BCUT2D eigenvalue weighted by atomic mass is 16.5. The number of nitrogens with one attached hydrogen (secondary N) is 2. The van der Waals surface area contributed by atoms with Gasteiger partial charge in [0.1, 0.15) is 18.9 Å². The molecule has 0 aliphatic carbocycles. The summed E-state index contributed by atoms with van der Waals surface area (Å²) in [6.45, 7) is 5.60. The molecule has 7 nitrogen and oxygen atoms in total. The number of anilines is 1. The summed E-state index contributed by atoms with van der Waals surface area (Å²) in [7, 11) is 3.27. The maximum Gasteiger partial charge on any atom is 0.162 e. The van der Waals surface area contributed by atoms with Crippen LogP contribution in [0.25, 0.3) is 22.3 Å². The van der Waals surface area contributed by atoms with Crippen molar-refractivity contribution >= 4 is 16.7 Å². The second-order valence-corrected chi connectivity index (χ2v) is 7.03. The molecule has 0 atom stereocenters. The molecule has 2 aromatic carbocycles. The van der Waals surface area contributed by atoms with E-state index >= 15 is 0 Å². The van der Waals surface area contributed by atoms with Crippen molar-refractivity contribution in [2.75, 3.05) is 58.9 Å². The summed E-state index contributed by atoms with van der Waals surface area (Å²) < 4.78 is 16.4. The molecule has 0 radical (unpaired) electrons. The van der Waals surface area contributed by atoms with Crippen LogP contribution in [0.5, 0.6) is 11.5 Å². The monoisotopic (exact) mass is 395 g/mol. The molecule has 29 heavy (non-hydrogen) atoms. The van der Waals surface area contributed by atoms with E-state index in [1.807, 2.05) is 42.5 Å². The van der Waals surface area contributed by atoms with E-state index in [2.05, 4.69) is 5.32 Å². The topological polar surface area (TPSA) is 69.9 Å². The highest BCUT2D eigenvalue weighted by Gasteiger charge is 2.16. The van der Waals surface area contributed by atoms with E-state index in [-0.39, 0.29) is 0 Å². The summed E-state index contributed by atoms with van der Waals surface area (Å²) in [6.07, 6.45) is 0. The van der Waals surface area contributed by atoms with Gasteiger partial charge in [0.2, 0.25) is 0 Å². The van der Waals surface area contributed by atoms with Crippen LogP contribution in [0.4, 0.5) is 5.82 Å². The number of fused-ring (bicyclic) bond motifs is 1. The van der Waals surface area contributed by atoms with Crippen molar-refractivity contribution in [2.24, 2.45) is 0 Å². The highest BCUT2D eigenvalue weighted by molar-refractivity contribution is 5.93. The first-order valence-corrected chi connectivity index (χ1v) is 9.93. The molecule has 0 bridgehead atoms. The fourth-order valence-electron chi connectivity index (χ4n) is 3.57. The molecular formula is C22H27N4O3+. The zero-order valence-electron chi connectivity index (χ0n) is 16.9. The van der Waals surface area contributed by atoms with Crippen molar-refractivity contribution in [3.63, 3.8) is 0 Å². The van der Waals surface area contributed by atoms with E-state index in [4.69, 9.17) is 24.2 Å². The van der Waals surface area contributed by atoms with Gasteiger partial charge in [-0.3, -0.25) is 0 Å². The average Bonchev–Trinajstić information content (AvgIpc) is 2.79. The largest absolute Gasteiger partial charge is 0.493 e. The molecule has 0 unspecified atom stereocenters. The third kappa shape index (κ3) is 4.41. The van der Waals surface area contributed by atoms with E-state index in [1.165, 1.54) is 0 Å². The summed E-state index contributed by atoms with van der Waals surface area (Å²) in [4.78, 5) is 11.2. The van der Waals surface area contributed by atoms with Crippen molar-refractivity contribution in [1.29, 1.82) is 0 Å². The summed E-state index contributed by atoms with van der Waals surface area (Å²) in [5, 5.41) is 4.44. The molecule has 7 heteroatoms. The van der Waals surface area contributed by atoms with Crippen LogP contribution in [0.2, 0.25) is 0 Å². The smallest absolute Gasteiger partial charge is 0.162 e. The molecule has 0 amide bonds. The van der Waals surface area contributed by atoms with Gasteiger partial charge in [0.25, 0.3) is 0 Å². The van der Waals surface area contributed by atoms with E-state index in [0.717, 1.165) is 61.7 Å². The predicted molar refractivity (Wildman–Crippen MR) is 113 cm³/mol. The maximum absolute atomic E-state index is 5.49. The number of ether oxygens (including phenoxy) is 3. The Morgan fingerprint density at radius 1 is 1.00 bits per heavy atom. The molecular weight excluding hydrogens is 368 g/mol. The fraction of sp³-hybridized carbons (Fsp3) is 0.364. The highest BCUT2D eigenvalue weighted by Crippen LogP contribution is 2.35. The third-order valence-electron chi connectivity index (χ3n) is 5.20. The molecule has 3 aromatic rings. The van der Waals surface area contributed by atoms with Crippen LogP contribution in [0.3, 0.4) is 0 Å². The van der Waals surface area contributed by atoms with Gasteiger partial charge in [-0.1, -0.05) is 30.3 Å². The Bertz CT molecular complexity index is 959. The van der Waals surface area contributed by atoms with Gasteiger partial charge < -0.3 is 24.4 Å². The maximum atomic E-state index is 5.49.